The molecule has 1 aromatic carbocycles. The lowest BCUT2D eigenvalue weighted by molar-refractivity contribution is -0.137. The van der Waals surface area contributed by atoms with Crippen molar-refractivity contribution in [2.75, 3.05) is 19.7 Å². The molecule has 0 saturated carbocycles. The van der Waals surface area contributed by atoms with Crippen LogP contribution in [0.5, 0.6) is 5.75 Å². The Kier molecular flexibility index (Phi) is 7.30. The van der Waals surface area contributed by atoms with Crippen LogP contribution in [0.3, 0.4) is 0 Å². The van der Waals surface area contributed by atoms with Crippen LogP contribution in [-0.2, 0) is 17.5 Å². The van der Waals surface area contributed by atoms with E-state index in [0.717, 1.165) is 12.1 Å². The molecule has 0 aliphatic rings. The number of nitrogens with zero attached hydrogens (tertiary/aromatic N) is 4. The number of ether oxygens (including phenoxy) is 1. The number of aromatic nitrogens is 4. The van der Waals surface area contributed by atoms with Crippen LogP contribution in [-0.4, -0.2) is 51.4 Å². The number of alkyl halides is 3. The van der Waals surface area contributed by atoms with E-state index in [9.17, 15) is 22.8 Å². The molecule has 0 bridgehead atoms. The highest BCUT2D eigenvalue weighted by molar-refractivity contribution is 6.30. The first-order chi connectivity index (χ1) is 15.2. The second-order valence-corrected chi connectivity index (χ2v) is 6.73. The molecule has 3 rings (SSSR count). The number of rotatable bonds is 9. The van der Waals surface area contributed by atoms with E-state index in [2.05, 4.69) is 25.9 Å². The molecular formula is C18H16ClF3N6O4. The van der Waals surface area contributed by atoms with Crippen LogP contribution < -0.4 is 15.4 Å². The predicted octanol–water partition coefficient (Wildman–Crippen LogP) is 1.91. The van der Waals surface area contributed by atoms with Gasteiger partial charge in [-0.05, 0) is 18.2 Å². The molecule has 0 fully saturated rings. The van der Waals surface area contributed by atoms with Crippen molar-refractivity contribution in [1.82, 2.24) is 30.6 Å². The maximum Gasteiger partial charge on any atom is 0.416 e. The first-order valence-electron chi connectivity index (χ1n) is 9.06. The Bertz CT molecular complexity index is 1080. The van der Waals surface area contributed by atoms with Crippen LogP contribution in [0.1, 0.15) is 22.1 Å². The third kappa shape index (κ3) is 6.70. The Morgan fingerprint density at radius 1 is 1.22 bits per heavy atom. The van der Waals surface area contributed by atoms with Crippen molar-refractivity contribution in [3.8, 4) is 5.75 Å². The SMILES string of the molecule is O=C(COc1cccc(C(F)(F)F)c1)NCCNC(=O)c1nc(Cn2cc(Cl)cn2)no1. The summed E-state index contributed by atoms with van der Waals surface area (Å²) in [7, 11) is 0. The number of nitrogens with one attached hydrogen (secondary N) is 2. The van der Waals surface area contributed by atoms with Gasteiger partial charge in [-0.15, -0.1) is 0 Å². The van der Waals surface area contributed by atoms with E-state index in [1.807, 2.05) is 0 Å². The van der Waals surface area contributed by atoms with Gasteiger partial charge in [0.1, 0.15) is 12.3 Å². The molecule has 0 atom stereocenters. The fourth-order valence-electron chi connectivity index (χ4n) is 2.40. The van der Waals surface area contributed by atoms with Crippen LogP contribution in [0, 0.1) is 0 Å². The average molecular weight is 473 g/mol. The maximum atomic E-state index is 12.7. The molecule has 0 aliphatic heterocycles. The van der Waals surface area contributed by atoms with Gasteiger partial charge in [0.2, 0.25) is 0 Å². The molecule has 3 aromatic rings. The van der Waals surface area contributed by atoms with E-state index < -0.39 is 30.2 Å². The van der Waals surface area contributed by atoms with Crippen LogP contribution in [0.2, 0.25) is 5.02 Å². The molecule has 2 N–H and O–H groups in total. The van der Waals surface area contributed by atoms with Gasteiger partial charge in [-0.2, -0.15) is 23.3 Å². The Balaban J connectivity index is 1.36. The zero-order valence-electron chi connectivity index (χ0n) is 16.2. The van der Waals surface area contributed by atoms with Crippen molar-refractivity contribution < 1.29 is 32.0 Å². The van der Waals surface area contributed by atoms with E-state index in [-0.39, 0.29) is 37.1 Å². The van der Waals surface area contributed by atoms with Crippen molar-refractivity contribution >= 4 is 23.4 Å². The lowest BCUT2D eigenvalue weighted by Crippen LogP contribution is -2.36. The zero-order valence-corrected chi connectivity index (χ0v) is 17.0. The smallest absolute Gasteiger partial charge is 0.416 e. The van der Waals surface area contributed by atoms with Crippen molar-refractivity contribution in [2.45, 2.75) is 12.7 Å². The van der Waals surface area contributed by atoms with Gasteiger partial charge in [-0.1, -0.05) is 22.8 Å². The Hall–Kier alpha value is -3.61. The van der Waals surface area contributed by atoms with Crippen LogP contribution >= 0.6 is 11.6 Å². The first kappa shape index (κ1) is 23.1. The molecule has 2 amide bonds. The molecule has 170 valence electrons. The minimum Gasteiger partial charge on any atom is -0.484 e. The largest absolute Gasteiger partial charge is 0.484 e. The normalized spacial score (nSPS) is 11.2. The standard InChI is InChI=1S/C18H16ClF3N6O4/c19-12-7-25-28(8-12)9-14-26-17(32-27-14)16(30)24-5-4-23-15(29)10-31-13-3-1-2-11(6-13)18(20,21)22/h1-3,6-8H,4-5,9-10H2,(H,23,29)(H,24,30). The minimum atomic E-state index is -4.51. The highest BCUT2D eigenvalue weighted by atomic mass is 35.5. The number of carbonyl (C=O) groups is 2. The maximum absolute atomic E-state index is 12.7. The molecule has 32 heavy (non-hydrogen) atoms. The Morgan fingerprint density at radius 3 is 2.72 bits per heavy atom. The summed E-state index contributed by atoms with van der Waals surface area (Å²) in [6.45, 7) is -0.241. The van der Waals surface area contributed by atoms with Gasteiger partial charge in [0.25, 0.3) is 5.91 Å². The third-order valence-corrected chi connectivity index (χ3v) is 4.03. The van der Waals surface area contributed by atoms with E-state index in [0.29, 0.717) is 5.02 Å². The average Bonchev–Trinajstić information content (AvgIpc) is 3.38. The van der Waals surface area contributed by atoms with Gasteiger partial charge in [0.05, 0.1) is 16.8 Å². The van der Waals surface area contributed by atoms with Gasteiger partial charge in [0, 0.05) is 19.3 Å². The molecule has 0 radical (unpaired) electrons. The van der Waals surface area contributed by atoms with Gasteiger partial charge >= 0.3 is 18.0 Å². The van der Waals surface area contributed by atoms with Crippen LogP contribution in [0.4, 0.5) is 13.2 Å². The summed E-state index contributed by atoms with van der Waals surface area (Å²) in [5, 5.41) is 13.0. The lowest BCUT2D eigenvalue weighted by Gasteiger charge is -2.10. The minimum absolute atomic E-state index is 0.0423. The number of amides is 2. The van der Waals surface area contributed by atoms with Crippen molar-refractivity contribution in [3.05, 3.63) is 59.0 Å². The molecule has 14 heteroatoms. The van der Waals surface area contributed by atoms with Gasteiger partial charge in [-0.25, -0.2) is 0 Å². The van der Waals surface area contributed by atoms with Crippen LogP contribution in [0.25, 0.3) is 0 Å². The van der Waals surface area contributed by atoms with Gasteiger partial charge in [0.15, 0.2) is 12.4 Å². The molecular weight excluding hydrogens is 457 g/mol. The molecule has 2 aromatic heterocycles. The highest BCUT2D eigenvalue weighted by Gasteiger charge is 2.30. The first-order valence-corrected chi connectivity index (χ1v) is 9.44. The zero-order chi connectivity index (χ0) is 23.1. The number of halogens is 4. The number of benzene rings is 1. The summed E-state index contributed by atoms with van der Waals surface area (Å²) in [6.07, 6.45) is -1.52. The summed E-state index contributed by atoms with van der Waals surface area (Å²) >= 11 is 5.76. The quantitative estimate of drug-likeness (QED) is 0.456. The second-order valence-electron chi connectivity index (χ2n) is 6.29. The van der Waals surface area contributed by atoms with E-state index in [1.54, 1.807) is 6.20 Å². The van der Waals surface area contributed by atoms with Crippen LogP contribution in [0.15, 0.2) is 41.2 Å². The molecule has 0 saturated heterocycles. The predicted molar refractivity (Wildman–Crippen MR) is 103 cm³/mol. The third-order valence-electron chi connectivity index (χ3n) is 3.83. The van der Waals surface area contributed by atoms with Crippen molar-refractivity contribution in [1.29, 1.82) is 0 Å². The summed E-state index contributed by atoms with van der Waals surface area (Å²) in [6, 6.07) is 4.18. The summed E-state index contributed by atoms with van der Waals surface area (Å²) in [5.74, 6) is -1.35. The Morgan fingerprint density at radius 2 is 2.00 bits per heavy atom. The van der Waals surface area contributed by atoms with Crippen molar-refractivity contribution in [3.63, 3.8) is 0 Å². The monoisotopic (exact) mass is 472 g/mol. The summed E-state index contributed by atoms with van der Waals surface area (Å²) in [4.78, 5) is 27.7. The Labute approximate surface area is 183 Å². The fraction of sp³-hybridized carbons (Fsp3) is 0.278. The summed E-state index contributed by atoms with van der Waals surface area (Å²) in [5.41, 5.74) is -0.879. The molecule has 0 unspecified atom stereocenters. The highest BCUT2D eigenvalue weighted by Crippen LogP contribution is 2.31. The molecule has 0 aliphatic carbocycles. The number of carbonyl (C=O) groups excluding carboxylic acids is 2. The fourth-order valence-corrected chi connectivity index (χ4v) is 2.55. The second kappa shape index (κ2) is 10.1. The van der Waals surface area contributed by atoms with E-state index in [1.165, 1.54) is 23.0 Å². The lowest BCUT2D eigenvalue weighted by atomic mass is 10.2. The molecule has 0 spiro atoms. The van der Waals surface area contributed by atoms with E-state index >= 15 is 0 Å². The van der Waals surface area contributed by atoms with E-state index in [4.69, 9.17) is 20.9 Å². The summed E-state index contributed by atoms with van der Waals surface area (Å²) < 4.78 is 49.4. The topological polar surface area (TPSA) is 124 Å². The molecule has 2 heterocycles. The number of hydrogen-bond donors (Lipinski definition) is 2. The molecule has 10 nitrogen and oxygen atoms in total. The van der Waals surface area contributed by atoms with Gasteiger partial charge < -0.3 is 19.9 Å². The van der Waals surface area contributed by atoms with Gasteiger partial charge in [-0.3, -0.25) is 14.3 Å². The van der Waals surface area contributed by atoms with Crippen molar-refractivity contribution in [2.24, 2.45) is 0 Å². The number of hydrogen-bond acceptors (Lipinski definition) is 7.